The van der Waals surface area contributed by atoms with Crippen LogP contribution in [0.15, 0.2) is 6.20 Å². The first-order valence-electron chi connectivity index (χ1n) is 4.78. The minimum atomic E-state index is 0.683. The van der Waals surface area contributed by atoms with E-state index in [0.717, 1.165) is 18.1 Å². The van der Waals surface area contributed by atoms with Gasteiger partial charge in [0.15, 0.2) is 5.82 Å². The maximum Gasteiger partial charge on any atom is 0.174 e. The van der Waals surface area contributed by atoms with Crippen LogP contribution in [0.3, 0.4) is 0 Å². The Bertz CT molecular complexity index is 301. The van der Waals surface area contributed by atoms with Crippen LogP contribution in [-0.2, 0) is 7.05 Å². The van der Waals surface area contributed by atoms with Crippen LogP contribution in [0.5, 0.6) is 0 Å². The monoisotopic (exact) mass is 180 g/mol. The molecule has 1 aromatic heterocycles. The van der Waals surface area contributed by atoms with Crippen molar-refractivity contribution in [3.63, 3.8) is 0 Å². The largest absolute Gasteiger partial charge is 0.394 e. The van der Waals surface area contributed by atoms with Gasteiger partial charge in [0.25, 0.3) is 0 Å². The van der Waals surface area contributed by atoms with Gasteiger partial charge < -0.3 is 10.6 Å². The van der Waals surface area contributed by atoms with E-state index in [0.29, 0.717) is 6.04 Å². The van der Waals surface area contributed by atoms with Gasteiger partial charge in [-0.15, -0.1) is 0 Å². The number of hydrogen-bond acceptors (Lipinski definition) is 3. The van der Waals surface area contributed by atoms with E-state index in [-0.39, 0.29) is 0 Å². The zero-order valence-corrected chi connectivity index (χ0v) is 8.20. The standard InChI is InChI=1S/C9H16N4/c1-3-13(7-4-5-7)9-8(10)6-12(2)11-9/h6-7H,3-5,10H2,1-2H3. The Morgan fingerprint density at radius 1 is 1.69 bits per heavy atom. The summed E-state index contributed by atoms with van der Waals surface area (Å²) in [5.41, 5.74) is 6.65. The van der Waals surface area contributed by atoms with Gasteiger partial charge in [-0.3, -0.25) is 4.68 Å². The molecule has 4 nitrogen and oxygen atoms in total. The third-order valence-corrected chi connectivity index (χ3v) is 2.44. The SMILES string of the molecule is CCN(c1nn(C)cc1N)C1CC1. The molecule has 1 aliphatic rings. The summed E-state index contributed by atoms with van der Waals surface area (Å²) in [5.74, 6) is 0.951. The lowest BCUT2D eigenvalue weighted by Crippen LogP contribution is -2.26. The molecule has 0 spiro atoms. The molecule has 0 saturated heterocycles. The molecule has 2 N–H and O–H groups in total. The van der Waals surface area contributed by atoms with Crippen LogP contribution in [0.1, 0.15) is 19.8 Å². The molecule has 0 aromatic carbocycles. The van der Waals surface area contributed by atoms with E-state index in [9.17, 15) is 0 Å². The molecular formula is C9H16N4. The van der Waals surface area contributed by atoms with Crippen molar-refractivity contribution in [2.75, 3.05) is 17.2 Å². The fraction of sp³-hybridized carbons (Fsp3) is 0.667. The van der Waals surface area contributed by atoms with Gasteiger partial charge in [-0.1, -0.05) is 0 Å². The number of nitrogens with zero attached hydrogens (tertiary/aromatic N) is 3. The van der Waals surface area contributed by atoms with Gasteiger partial charge >= 0.3 is 0 Å². The number of aromatic nitrogens is 2. The highest BCUT2D eigenvalue weighted by Crippen LogP contribution is 2.32. The maximum atomic E-state index is 5.86. The first-order valence-corrected chi connectivity index (χ1v) is 4.78. The lowest BCUT2D eigenvalue weighted by Gasteiger charge is -2.19. The zero-order valence-electron chi connectivity index (χ0n) is 8.20. The summed E-state index contributed by atoms with van der Waals surface area (Å²) in [4.78, 5) is 2.29. The van der Waals surface area contributed by atoms with Crippen molar-refractivity contribution in [1.82, 2.24) is 9.78 Å². The number of anilines is 2. The molecule has 1 heterocycles. The molecule has 1 aromatic rings. The number of rotatable bonds is 3. The third-order valence-electron chi connectivity index (χ3n) is 2.44. The Kier molecular flexibility index (Phi) is 1.90. The Labute approximate surface area is 78.3 Å². The molecule has 0 bridgehead atoms. The van der Waals surface area contributed by atoms with Crippen LogP contribution in [0.25, 0.3) is 0 Å². The van der Waals surface area contributed by atoms with E-state index in [1.54, 1.807) is 4.68 Å². The second-order valence-electron chi connectivity index (χ2n) is 3.60. The topological polar surface area (TPSA) is 47.1 Å². The fourth-order valence-electron chi connectivity index (χ4n) is 1.69. The first-order chi connectivity index (χ1) is 6.22. The highest BCUT2D eigenvalue weighted by Gasteiger charge is 2.30. The second-order valence-corrected chi connectivity index (χ2v) is 3.60. The minimum Gasteiger partial charge on any atom is -0.394 e. The van der Waals surface area contributed by atoms with Crippen molar-refractivity contribution in [3.05, 3.63) is 6.20 Å². The molecular weight excluding hydrogens is 164 g/mol. The lowest BCUT2D eigenvalue weighted by atomic mass is 10.4. The summed E-state index contributed by atoms with van der Waals surface area (Å²) in [6, 6.07) is 0.683. The van der Waals surface area contributed by atoms with Gasteiger partial charge in [0.05, 0.1) is 5.69 Å². The summed E-state index contributed by atoms with van der Waals surface area (Å²) in [5, 5.41) is 4.36. The smallest absolute Gasteiger partial charge is 0.174 e. The molecule has 0 unspecified atom stereocenters. The van der Waals surface area contributed by atoms with Crippen molar-refractivity contribution in [1.29, 1.82) is 0 Å². The highest BCUT2D eigenvalue weighted by atomic mass is 15.4. The summed E-state index contributed by atoms with van der Waals surface area (Å²) in [7, 11) is 1.90. The molecule has 13 heavy (non-hydrogen) atoms. The van der Waals surface area contributed by atoms with Gasteiger partial charge in [-0.05, 0) is 19.8 Å². The Balaban J connectivity index is 2.25. The molecule has 1 fully saturated rings. The quantitative estimate of drug-likeness (QED) is 0.754. The third kappa shape index (κ3) is 1.48. The molecule has 0 atom stereocenters. The van der Waals surface area contributed by atoms with Crippen LogP contribution >= 0.6 is 0 Å². The summed E-state index contributed by atoms with van der Waals surface area (Å²) in [6.07, 6.45) is 4.42. The predicted octanol–water partition coefficient (Wildman–Crippen LogP) is 0.991. The normalized spacial score (nSPS) is 16.2. The Hall–Kier alpha value is -1.19. The number of hydrogen-bond donors (Lipinski definition) is 1. The predicted molar refractivity (Wildman–Crippen MR) is 53.7 cm³/mol. The van der Waals surface area contributed by atoms with Gasteiger partial charge in [0, 0.05) is 25.8 Å². The second kappa shape index (κ2) is 2.94. The van der Waals surface area contributed by atoms with Crippen molar-refractivity contribution in [2.45, 2.75) is 25.8 Å². The van der Waals surface area contributed by atoms with Crippen molar-refractivity contribution < 1.29 is 0 Å². The van der Waals surface area contributed by atoms with Crippen LogP contribution < -0.4 is 10.6 Å². The molecule has 0 amide bonds. The van der Waals surface area contributed by atoms with E-state index >= 15 is 0 Å². The molecule has 1 saturated carbocycles. The summed E-state index contributed by atoms with van der Waals surface area (Å²) in [6.45, 7) is 3.14. The summed E-state index contributed by atoms with van der Waals surface area (Å²) >= 11 is 0. The molecule has 72 valence electrons. The van der Waals surface area contributed by atoms with E-state index in [1.165, 1.54) is 12.8 Å². The van der Waals surface area contributed by atoms with Crippen molar-refractivity contribution in [2.24, 2.45) is 7.05 Å². The van der Waals surface area contributed by atoms with Crippen LogP contribution in [0, 0.1) is 0 Å². The number of nitrogens with two attached hydrogens (primary N) is 1. The molecule has 2 rings (SSSR count). The average Bonchev–Trinajstić information content (AvgIpc) is 2.82. The average molecular weight is 180 g/mol. The Morgan fingerprint density at radius 2 is 2.38 bits per heavy atom. The van der Waals surface area contributed by atoms with Crippen molar-refractivity contribution >= 4 is 11.5 Å². The van der Waals surface area contributed by atoms with Gasteiger partial charge in [-0.25, -0.2) is 0 Å². The van der Waals surface area contributed by atoms with E-state index in [1.807, 2.05) is 13.2 Å². The fourth-order valence-corrected chi connectivity index (χ4v) is 1.69. The number of nitrogen functional groups attached to an aromatic ring is 1. The van der Waals surface area contributed by atoms with Crippen molar-refractivity contribution in [3.8, 4) is 0 Å². The molecule has 4 heteroatoms. The highest BCUT2D eigenvalue weighted by molar-refractivity contribution is 5.62. The molecule has 0 radical (unpaired) electrons. The number of aryl methyl sites for hydroxylation is 1. The van der Waals surface area contributed by atoms with Crippen LogP contribution in [0.2, 0.25) is 0 Å². The zero-order chi connectivity index (χ0) is 9.42. The molecule has 1 aliphatic carbocycles. The van der Waals surface area contributed by atoms with E-state index < -0.39 is 0 Å². The maximum absolute atomic E-state index is 5.86. The van der Waals surface area contributed by atoms with Crippen LogP contribution in [-0.4, -0.2) is 22.4 Å². The Morgan fingerprint density at radius 3 is 2.77 bits per heavy atom. The summed E-state index contributed by atoms with van der Waals surface area (Å²) < 4.78 is 1.77. The van der Waals surface area contributed by atoms with Gasteiger partial charge in [0.1, 0.15) is 0 Å². The van der Waals surface area contributed by atoms with Gasteiger partial charge in [0.2, 0.25) is 0 Å². The van der Waals surface area contributed by atoms with Gasteiger partial charge in [-0.2, -0.15) is 5.10 Å². The van der Waals surface area contributed by atoms with E-state index in [4.69, 9.17) is 5.73 Å². The van der Waals surface area contributed by atoms with Crippen LogP contribution in [0.4, 0.5) is 11.5 Å². The minimum absolute atomic E-state index is 0.683. The first kappa shape index (κ1) is 8.41. The molecule has 0 aliphatic heterocycles. The lowest BCUT2D eigenvalue weighted by molar-refractivity contribution is 0.734. The van der Waals surface area contributed by atoms with E-state index in [2.05, 4.69) is 16.9 Å².